The Kier molecular flexibility index (Phi) is 6.17. The summed E-state index contributed by atoms with van der Waals surface area (Å²) in [5.41, 5.74) is 2.09. The van der Waals surface area contributed by atoms with Crippen LogP contribution in [0.1, 0.15) is 48.8 Å². The van der Waals surface area contributed by atoms with Gasteiger partial charge in [-0.3, -0.25) is 4.79 Å². The summed E-state index contributed by atoms with van der Waals surface area (Å²) in [5, 5.41) is 11.7. The molecule has 0 bridgehead atoms. The maximum absolute atomic E-state index is 12.8. The standard InChI is InChI=1S/C28H31NO5/c1-19-23-11-10-22(16-25(23)34-27(31)24(19)15-20-7-3-2-4-8-20)33-18-26(30)29-14-13-28(32)12-6-5-9-21(28)17-29/h2-4,7-8,10-11,16,21,32H,5-6,9,12-15,17-18H2,1H3/t21-,28+/m0/s1. The van der Waals surface area contributed by atoms with E-state index >= 15 is 0 Å². The van der Waals surface area contributed by atoms with Gasteiger partial charge in [-0.15, -0.1) is 0 Å². The molecule has 2 aliphatic rings. The average molecular weight is 462 g/mol. The Morgan fingerprint density at radius 1 is 1.18 bits per heavy atom. The molecule has 178 valence electrons. The summed E-state index contributed by atoms with van der Waals surface area (Å²) in [6.45, 7) is 3.01. The van der Waals surface area contributed by atoms with Crippen molar-refractivity contribution in [2.24, 2.45) is 5.92 Å². The second kappa shape index (κ2) is 9.26. The van der Waals surface area contributed by atoms with Crippen molar-refractivity contribution in [1.82, 2.24) is 4.90 Å². The minimum atomic E-state index is -0.608. The SMILES string of the molecule is Cc1c(Cc2ccccc2)c(=O)oc2cc(OCC(=O)N3CC[C@]4(O)CCCC[C@H]4C3)ccc12. The Bertz CT molecular complexity index is 1250. The second-order valence-electron chi connectivity index (χ2n) is 9.74. The third kappa shape index (κ3) is 4.47. The van der Waals surface area contributed by atoms with Crippen molar-refractivity contribution in [3.63, 3.8) is 0 Å². The van der Waals surface area contributed by atoms with E-state index in [1.165, 1.54) is 0 Å². The van der Waals surface area contributed by atoms with Crippen LogP contribution in [0.15, 0.2) is 57.7 Å². The molecule has 3 aromatic rings. The normalized spacial score (nSPS) is 22.4. The predicted molar refractivity (Wildman–Crippen MR) is 130 cm³/mol. The fourth-order valence-corrected chi connectivity index (χ4v) is 5.50. The van der Waals surface area contributed by atoms with Crippen molar-refractivity contribution < 1.29 is 19.1 Å². The summed E-state index contributed by atoms with van der Waals surface area (Å²) in [5.74, 6) is 0.566. The minimum Gasteiger partial charge on any atom is -0.484 e. The molecule has 1 aliphatic carbocycles. The molecule has 2 atom stereocenters. The summed E-state index contributed by atoms with van der Waals surface area (Å²) in [6, 6.07) is 15.2. The summed E-state index contributed by atoms with van der Waals surface area (Å²) >= 11 is 0. The lowest BCUT2D eigenvalue weighted by Gasteiger charge is -2.47. The van der Waals surface area contributed by atoms with Crippen LogP contribution in [0.25, 0.3) is 11.0 Å². The fraction of sp³-hybridized carbons (Fsp3) is 0.429. The van der Waals surface area contributed by atoms with E-state index in [0.29, 0.717) is 42.8 Å². The number of carbonyl (C=O) groups excluding carboxylic acids is 1. The zero-order valence-corrected chi connectivity index (χ0v) is 19.6. The number of ether oxygens (including phenoxy) is 1. The van der Waals surface area contributed by atoms with Crippen LogP contribution in [0.4, 0.5) is 0 Å². The van der Waals surface area contributed by atoms with Gasteiger partial charge >= 0.3 is 5.63 Å². The van der Waals surface area contributed by atoms with E-state index < -0.39 is 5.60 Å². The maximum atomic E-state index is 12.8. The number of likely N-dealkylation sites (tertiary alicyclic amines) is 1. The van der Waals surface area contributed by atoms with E-state index in [2.05, 4.69) is 0 Å². The van der Waals surface area contributed by atoms with Crippen LogP contribution < -0.4 is 10.4 Å². The van der Waals surface area contributed by atoms with Gasteiger partial charge in [0.1, 0.15) is 11.3 Å². The van der Waals surface area contributed by atoms with Crippen molar-refractivity contribution in [3.8, 4) is 5.75 Å². The molecule has 1 aliphatic heterocycles. The Morgan fingerprint density at radius 2 is 2.00 bits per heavy atom. The Labute approximate surface area is 199 Å². The molecule has 0 spiro atoms. The van der Waals surface area contributed by atoms with E-state index in [4.69, 9.17) is 9.15 Å². The highest BCUT2D eigenvalue weighted by Crippen LogP contribution is 2.39. The first-order chi connectivity index (χ1) is 16.4. The smallest absolute Gasteiger partial charge is 0.340 e. The van der Waals surface area contributed by atoms with Crippen LogP contribution in [-0.2, 0) is 11.2 Å². The largest absolute Gasteiger partial charge is 0.484 e. The van der Waals surface area contributed by atoms with Crippen molar-refractivity contribution >= 4 is 16.9 Å². The monoisotopic (exact) mass is 461 g/mol. The summed E-state index contributed by atoms with van der Waals surface area (Å²) in [4.78, 5) is 27.3. The number of hydrogen-bond acceptors (Lipinski definition) is 5. The number of aryl methyl sites for hydroxylation is 1. The summed E-state index contributed by atoms with van der Waals surface area (Å²) in [6.07, 6.45) is 5.13. The molecule has 2 aromatic carbocycles. The van der Waals surface area contributed by atoms with E-state index in [0.717, 1.165) is 42.2 Å². The fourth-order valence-electron chi connectivity index (χ4n) is 5.50. The van der Waals surface area contributed by atoms with Crippen LogP contribution >= 0.6 is 0 Å². The van der Waals surface area contributed by atoms with Crippen molar-refractivity contribution in [3.05, 3.63) is 75.6 Å². The first-order valence-corrected chi connectivity index (χ1v) is 12.2. The van der Waals surface area contributed by atoms with Gasteiger partial charge in [0, 0.05) is 42.4 Å². The summed E-state index contributed by atoms with van der Waals surface area (Å²) < 4.78 is 11.4. The Morgan fingerprint density at radius 3 is 2.82 bits per heavy atom. The molecule has 1 aromatic heterocycles. The topological polar surface area (TPSA) is 80.0 Å². The number of amides is 1. The van der Waals surface area contributed by atoms with E-state index in [1.807, 2.05) is 54.3 Å². The predicted octanol–water partition coefficient (Wildman–Crippen LogP) is 4.22. The van der Waals surface area contributed by atoms with Gasteiger partial charge in [-0.25, -0.2) is 4.79 Å². The number of carbonyl (C=O) groups is 1. The van der Waals surface area contributed by atoms with Crippen LogP contribution in [0, 0.1) is 12.8 Å². The van der Waals surface area contributed by atoms with Crippen LogP contribution in [0.5, 0.6) is 5.75 Å². The van der Waals surface area contributed by atoms with Crippen LogP contribution in [0.2, 0.25) is 0 Å². The number of nitrogens with zero attached hydrogens (tertiary/aromatic N) is 1. The highest BCUT2D eigenvalue weighted by atomic mass is 16.5. The van der Waals surface area contributed by atoms with Gasteiger partial charge in [0.2, 0.25) is 0 Å². The number of fused-ring (bicyclic) bond motifs is 2. The van der Waals surface area contributed by atoms with Crippen LogP contribution in [-0.4, -0.2) is 41.2 Å². The quantitative estimate of drug-likeness (QED) is 0.576. The number of benzene rings is 2. The third-order valence-electron chi connectivity index (χ3n) is 7.63. The molecule has 1 amide bonds. The molecule has 6 nitrogen and oxygen atoms in total. The van der Waals surface area contributed by atoms with E-state index in [1.54, 1.807) is 6.07 Å². The van der Waals surface area contributed by atoms with Gasteiger partial charge in [-0.1, -0.05) is 43.2 Å². The molecule has 0 unspecified atom stereocenters. The molecular weight excluding hydrogens is 430 g/mol. The van der Waals surface area contributed by atoms with Gasteiger partial charge in [0.25, 0.3) is 5.91 Å². The molecule has 5 rings (SSSR count). The molecule has 34 heavy (non-hydrogen) atoms. The number of rotatable bonds is 5. The van der Waals surface area contributed by atoms with E-state index in [-0.39, 0.29) is 24.1 Å². The molecule has 0 radical (unpaired) electrons. The molecular formula is C28H31NO5. The Hall–Kier alpha value is -3.12. The highest BCUT2D eigenvalue weighted by molar-refractivity contribution is 5.83. The number of aliphatic hydroxyl groups is 1. The minimum absolute atomic E-state index is 0.0774. The highest BCUT2D eigenvalue weighted by Gasteiger charge is 2.43. The van der Waals surface area contributed by atoms with Gasteiger partial charge in [0.15, 0.2) is 6.61 Å². The zero-order valence-electron chi connectivity index (χ0n) is 19.6. The first kappa shape index (κ1) is 22.7. The molecule has 1 saturated heterocycles. The summed E-state index contributed by atoms with van der Waals surface area (Å²) in [7, 11) is 0. The Balaban J connectivity index is 1.27. The lowest BCUT2D eigenvalue weighted by atomic mass is 9.71. The lowest BCUT2D eigenvalue weighted by Crippen LogP contribution is -2.55. The zero-order chi connectivity index (χ0) is 23.7. The average Bonchev–Trinajstić information content (AvgIpc) is 2.85. The number of piperidine rings is 1. The molecule has 1 N–H and O–H groups in total. The van der Waals surface area contributed by atoms with Crippen molar-refractivity contribution in [1.29, 1.82) is 0 Å². The van der Waals surface area contributed by atoms with Crippen molar-refractivity contribution in [2.45, 2.75) is 51.0 Å². The molecule has 2 heterocycles. The lowest BCUT2D eigenvalue weighted by molar-refractivity contribution is -0.145. The van der Waals surface area contributed by atoms with Gasteiger partial charge < -0.3 is 19.2 Å². The van der Waals surface area contributed by atoms with E-state index in [9.17, 15) is 14.7 Å². The van der Waals surface area contributed by atoms with Crippen LogP contribution in [0.3, 0.4) is 0 Å². The van der Waals surface area contributed by atoms with Gasteiger partial charge in [-0.05, 0) is 49.4 Å². The molecule has 6 heteroatoms. The van der Waals surface area contributed by atoms with Gasteiger partial charge in [-0.2, -0.15) is 0 Å². The first-order valence-electron chi connectivity index (χ1n) is 12.2. The molecule has 1 saturated carbocycles. The van der Waals surface area contributed by atoms with Gasteiger partial charge in [0.05, 0.1) is 5.60 Å². The van der Waals surface area contributed by atoms with Crippen molar-refractivity contribution in [2.75, 3.05) is 19.7 Å². The number of hydrogen-bond donors (Lipinski definition) is 1. The maximum Gasteiger partial charge on any atom is 0.340 e. The molecule has 2 fully saturated rings. The second-order valence-corrected chi connectivity index (χ2v) is 9.74. The third-order valence-corrected chi connectivity index (χ3v) is 7.63.